The number of anilines is 2. The summed E-state index contributed by atoms with van der Waals surface area (Å²) in [5.41, 5.74) is 9.87. The van der Waals surface area contributed by atoms with Crippen molar-refractivity contribution in [1.82, 2.24) is 0 Å². The molecule has 0 atom stereocenters. The zero-order chi connectivity index (χ0) is 10.7. The monoisotopic (exact) mass is 202 g/mol. The number of nitrogens with two attached hydrogens (primary N) is 1. The SMILES string of the molecule is Cc1ccc(N)cc1NCc1ccoc1. The molecule has 15 heavy (non-hydrogen) atoms. The number of aryl methyl sites for hydroxylation is 1. The molecule has 0 aliphatic carbocycles. The van der Waals surface area contributed by atoms with Crippen molar-refractivity contribution >= 4 is 11.4 Å². The fraction of sp³-hybridized carbons (Fsp3) is 0.167. The molecule has 2 rings (SSSR count). The molecular formula is C12H14N2O. The van der Waals surface area contributed by atoms with Gasteiger partial charge in [0.25, 0.3) is 0 Å². The van der Waals surface area contributed by atoms with E-state index in [2.05, 4.69) is 12.2 Å². The van der Waals surface area contributed by atoms with Gasteiger partial charge in [-0.05, 0) is 30.7 Å². The number of nitrogen functional groups attached to an aromatic ring is 1. The van der Waals surface area contributed by atoms with E-state index in [9.17, 15) is 0 Å². The number of hydrogen-bond acceptors (Lipinski definition) is 3. The fourth-order valence-electron chi connectivity index (χ4n) is 1.42. The van der Waals surface area contributed by atoms with Gasteiger partial charge in [-0.1, -0.05) is 6.07 Å². The van der Waals surface area contributed by atoms with Crippen LogP contribution in [0.2, 0.25) is 0 Å². The first-order valence-corrected chi connectivity index (χ1v) is 4.87. The van der Waals surface area contributed by atoms with Gasteiger partial charge in [0, 0.05) is 23.5 Å². The molecule has 3 nitrogen and oxygen atoms in total. The highest BCUT2D eigenvalue weighted by atomic mass is 16.3. The van der Waals surface area contributed by atoms with Gasteiger partial charge >= 0.3 is 0 Å². The number of hydrogen-bond donors (Lipinski definition) is 2. The molecule has 3 heteroatoms. The Hall–Kier alpha value is -1.90. The second-order valence-electron chi connectivity index (χ2n) is 3.56. The maximum Gasteiger partial charge on any atom is 0.0952 e. The molecule has 0 amide bonds. The van der Waals surface area contributed by atoms with Gasteiger partial charge in [0.1, 0.15) is 0 Å². The Labute approximate surface area is 88.9 Å². The van der Waals surface area contributed by atoms with Crippen molar-refractivity contribution in [2.45, 2.75) is 13.5 Å². The molecule has 2 aromatic rings. The van der Waals surface area contributed by atoms with E-state index >= 15 is 0 Å². The number of benzene rings is 1. The summed E-state index contributed by atoms with van der Waals surface area (Å²) in [6, 6.07) is 7.79. The van der Waals surface area contributed by atoms with E-state index in [-0.39, 0.29) is 0 Å². The van der Waals surface area contributed by atoms with Gasteiger partial charge in [0.15, 0.2) is 0 Å². The summed E-state index contributed by atoms with van der Waals surface area (Å²) < 4.78 is 4.99. The first-order chi connectivity index (χ1) is 7.25. The largest absolute Gasteiger partial charge is 0.472 e. The van der Waals surface area contributed by atoms with Crippen LogP contribution in [0, 0.1) is 6.92 Å². The molecule has 0 bridgehead atoms. The fourth-order valence-corrected chi connectivity index (χ4v) is 1.42. The molecular weight excluding hydrogens is 188 g/mol. The van der Waals surface area contributed by atoms with E-state index in [1.165, 1.54) is 5.56 Å². The van der Waals surface area contributed by atoms with Crippen LogP contribution in [-0.4, -0.2) is 0 Å². The first-order valence-electron chi connectivity index (χ1n) is 4.87. The van der Waals surface area contributed by atoms with Gasteiger partial charge < -0.3 is 15.5 Å². The quantitative estimate of drug-likeness (QED) is 0.752. The molecule has 0 unspecified atom stereocenters. The smallest absolute Gasteiger partial charge is 0.0952 e. The van der Waals surface area contributed by atoms with Crippen LogP contribution in [0.4, 0.5) is 11.4 Å². The third kappa shape index (κ3) is 2.31. The Bertz CT molecular complexity index is 435. The minimum absolute atomic E-state index is 0.751. The van der Waals surface area contributed by atoms with Crippen molar-refractivity contribution < 1.29 is 4.42 Å². The molecule has 78 valence electrons. The van der Waals surface area contributed by atoms with Crippen molar-refractivity contribution in [3.05, 3.63) is 47.9 Å². The summed E-state index contributed by atoms with van der Waals surface area (Å²) in [4.78, 5) is 0. The van der Waals surface area contributed by atoms with Crippen LogP contribution in [0.5, 0.6) is 0 Å². The molecule has 0 aliphatic heterocycles. The average Bonchev–Trinajstić information content (AvgIpc) is 2.72. The lowest BCUT2D eigenvalue weighted by atomic mass is 10.2. The van der Waals surface area contributed by atoms with Crippen LogP contribution >= 0.6 is 0 Å². The van der Waals surface area contributed by atoms with Gasteiger partial charge in [-0.3, -0.25) is 0 Å². The van der Waals surface area contributed by atoms with Gasteiger partial charge in [0.05, 0.1) is 12.5 Å². The Morgan fingerprint density at radius 3 is 2.93 bits per heavy atom. The normalized spacial score (nSPS) is 10.2. The van der Waals surface area contributed by atoms with Crippen LogP contribution in [0.25, 0.3) is 0 Å². The van der Waals surface area contributed by atoms with Crippen molar-refractivity contribution in [1.29, 1.82) is 0 Å². The van der Waals surface area contributed by atoms with E-state index in [4.69, 9.17) is 10.2 Å². The average molecular weight is 202 g/mol. The first kappa shape index (κ1) is 9.65. The topological polar surface area (TPSA) is 51.2 Å². The zero-order valence-corrected chi connectivity index (χ0v) is 8.66. The van der Waals surface area contributed by atoms with E-state index in [1.54, 1.807) is 12.5 Å². The molecule has 1 heterocycles. The summed E-state index contributed by atoms with van der Waals surface area (Å²) in [6.45, 7) is 2.80. The van der Waals surface area contributed by atoms with Crippen LogP contribution in [0.1, 0.15) is 11.1 Å². The molecule has 0 fully saturated rings. The maximum atomic E-state index is 5.72. The summed E-state index contributed by atoms with van der Waals surface area (Å²) in [5, 5.41) is 3.32. The third-order valence-corrected chi connectivity index (χ3v) is 2.32. The van der Waals surface area contributed by atoms with Crippen LogP contribution in [0.15, 0.2) is 41.2 Å². The van der Waals surface area contributed by atoms with Gasteiger partial charge in [0.2, 0.25) is 0 Å². The number of nitrogens with one attached hydrogen (secondary N) is 1. The Morgan fingerprint density at radius 1 is 1.33 bits per heavy atom. The Balaban J connectivity index is 2.07. The van der Waals surface area contributed by atoms with Crippen molar-refractivity contribution in [2.24, 2.45) is 0 Å². The van der Waals surface area contributed by atoms with Crippen LogP contribution in [-0.2, 0) is 6.54 Å². The molecule has 0 spiro atoms. The van der Waals surface area contributed by atoms with Gasteiger partial charge in [-0.25, -0.2) is 0 Å². The summed E-state index contributed by atoms with van der Waals surface area (Å²) in [7, 11) is 0. The molecule has 0 saturated carbocycles. The standard InChI is InChI=1S/C12H14N2O/c1-9-2-3-11(13)6-12(9)14-7-10-4-5-15-8-10/h2-6,8,14H,7,13H2,1H3. The van der Waals surface area contributed by atoms with Gasteiger partial charge in [-0.2, -0.15) is 0 Å². The predicted molar refractivity (Wildman–Crippen MR) is 61.6 cm³/mol. The van der Waals surface area contributed by atoms with Crippen molar-refractivity contribution in [3.63, 3.8) is 0 Å². The maximum absolute atomic E-state index is 5.72. The molecule has 1 aromatic heterocycles. The van der Waals surface area contributed by atoms with Gasteiger partial charge in [-0.15, -0.1) is 0 Å². The minimum Gasteiger partial charge on any atom is -0.472 e. The molecule has 0 aliphatic rings. The lowest BCUT2D eigenvalue weighted by molar-refractivity contribution is 0.564. The van der Waals surface area contributed by atoms with E-state index in [1.807, 2.05) is 24.3 Å². The van der Waals surface area contributed by atoms with E-state index in [0.29, 0.717) is 0 Å². The number of furan rings is 1. The van der Waals surface area contributed by atoms with E-state index < -0.39 is 0 Å². The zero-order valence-electron chi connectivity index (χ0n) is 8.66. The highest BCUT2D eigenvalue weighted by Crippen LogP contribution is 2.18. The predicted octanol–water partition coefficient (Wildman–Crippen LogP) is 2.78. The molecule has 3 N–H and O–H groups in total. The second-order valence-corrected chi connectivity index (χ2v) is 3.56. The van der Waals surface area contributed by atoms with Crippen LogP contribution < -0.4 is 11.1 Å². The Kier molecular flexibility index (Phi) is 2.63. The number of rotatable bonds is 3. The minimum atomic E-state index is 0.751. The lowest BCUT2D eigenvalue weighted by Gasteiger charge is -2.08. The third-order valence-electron chi connectivity index (χ3n) is 2.32. The summed E-state index contributed by atoms with van der Waals surface area (Å²) in [5.74, 6) is 0. The second kappa shape index (κ2) is 4.09. The highest BCUT2D eigenvalue weighted by molar-refractivity contribution is 5.59. The van der Waals surface area contributed by atoms with E-state index in [0.717, 1.165) is 23.5 Å². The molecule has 0 saturated heterocycles. The molecule has 1 aromatic carbocycles. The summed E-state index contributed by atoms with van der Waals surface area (Å²) in [6.07, 6.45) is 3.40. The summed E-state index contributed by atoms with van der Waals surface area (Å²) >= 11 is 0. The molecule has 0 radical (unpaired) electrons. The van der Waals surface area contributed by atoms with Crippen molar-refractivity contribution in [2.75, 3.05) is 11.1 Å². The highest BCUT2D eigenvalue weighted by Gasteiger charge is 1.99. The lowest BCUT2D eigenvalue weighted by Crippen LogP contribution is -2.00. The van der Waals surface area contributed by atoms with Crippen LogP contribution in [0.3, 0.4) is 0 Å². The van der Waals surface area contributed by atoms with Crippen molar-refractivity contribution in [3.8, 4) is 0 Å². The Morgan fingerprint density at radius 2 is 2.20 bits per heavy atom.